The van der Waals surface area contributed by atoms with Crippen LogP contribution in [0.15, 0.2) is 40.2 Å². The van der Waals surface area contributed by atoms with E-state index < -0.39 is 23.4 Å². The summed E-state index contributed by atoms with van der Waals surface area (Å²) in [7, 11) is 0. The lowest BCUT2D eigenvalue weighted by atomic mass is 10.2. The Labute approximate surface area is 153 Å². The molecule has 10 heteroatoms. The summed E-state index contributed by atoms with van der Waals surface area (Å²) in [6.07, 6.45) is 1.62. The number of halogens is 3. The van der Waals surface area contributed by atoms with Crippen molar-refractivity contribution in [3.8, 4) is 0 Å². The molecular formula is C16H7F3N4OS2. The standard InChI is InChI=1S/C16H7F3N4OS2/c17-8-2-4-10(14(19)13(8)18)20-16-21-15(24)12(25-16)6-7-1-3-9-11(5-7)23-26-22-9/h1-6H,(H,20,21,24)/b12-6-. The Bertz CT molecular complexity index is 1110. The average molecular weight is 392 g/mol. The molecule has 2 heterocycles. The Hall–Kier alpha value is -2.72. The van der Waals surface area contributed by atoms with Crippen LogP contribution in [0.2, 0.25) is 0 Å². The molecule has 0 saturated heterocycles. The largest absolute Gasteiger partial charge is 0.332 e. The van der Waals surface area contributed by atoms with Gasteiger partial charge in [0.1, 0.15) is 11.0 Å². The van der Waals surface area contributed by atoms with E-state index in [9.17, 15) is 18.0 Å². The summed E-state index contributed by atoms with van der Waals surface area (Å²) >= 11 is 2.06. The van der Waals surface area contributed by atoms with Crippen molar-refractivity contribution in [3.63, 3.8) is 0 Å². The summed E-state index contributed by atoms with van der Waals surface area (Å²) in [6.45, 7) is 0. The topological polar surface area (TPSA) is 67.2 Å². The molecule has 0 saturated carbocycles. The van der Waals surface area contributed by atoms with Crippen LogP contribution in [0.4, 0.5) is 18.9 Å². The number of amides is 1. The van der Waals surface area contributed by atoms with Crippen molar-refractivity contribution < 1.29 is 18.0 Å². The average Bonchev–Trinajstić information content (AvgIpc) is 3.22. The van der Waals surface area contributed by atoms with Crippen LogP contribution in [-0.2, 0) is 4.79 Å². The van der Waals surface area contributed by atoms with Gasteiger partial charge in [-0.25, -0.2) is 13.2 Å². The molecule has 3 aromatic rings. The minimum Gasteiger partial charge on any atom is -0.332 e. The highest BCUT2D eigenvalue weighted by molar-refractivity contribution is 8.18. The van der Waals surface area contributed by atoms with Crippen molar-refractivity contribution in [2.24, 2.45) is 4.99 Å². The number of anilines is 1. The second kappa shape index (κ2) is 6.54. The number of hydrogen-bond donors (Lipinski definition) is 1. The molecule has 0 unspecified atom stereocenters. The molecule has 130 valence electrons. The van der Waals surface area contributed by atoms with E-state index in [4.69, 9.17) is 0 Å². The Kier molecular flexibility index (Phi) is 4.21. The van der Waals surface area contributed by atoms with Gasteiger partial charge in [-0.2, -0.15) is 13.7 Å². The fourth-order valence-corrected chi connectivity index (χ4v) is 3.58. The summed E-state index contributed by atoms with van der Waals surface area (Å²) in [4.78, 5) is 16.1. The first-order valence-corrected chi connectivity index (χ1v) is 8.71. The van der Waals surface area contributed by atoms with E-state index in [0.29, 0.717) is 10.4 Å². The molecule has 5 nitrogen and oxygen atoms in total. The minimum atomic E-state index is -1.59. The van der Waals surface area contributed by atoms with Crippen LogP contribution in [0, 0.1) is 17.5 Å². The van der Waals surface area contributed by atoms with Gasteiger partial charge in [-0.05, 0) is 47.7 Å². The monoisotopic (exact) mass is 392 g/mol. The van der Waals surface area contributed by atoms with E-state index in [2.05, 4.69) is 19.1 Å². The molecule has 0 spiro atoms. The number of aromatic nitrogens is 2. The highest BCUT2D eigenvalue weighted by Crippen LogP contribution is 2.31. The van der Waals surface area contributed by atoms with Gasteiger partial charge >= 0.3 is 0 Å². The SMILES string of the molecule is O=C1N=C(Nc2ccc(F)c(F)c2F)S/C1=C\c1ccc2nsnc2c1. The Balaban J connectivity index is 1.56. The molecule has 2 aromatic carbocycles. The van der Waals surface area contributed by atoms with Gasteiger partial charge < -0.3 is 5.32 Å². The first-order valence-electron chi connectivity index (χ1n) is 7.16. The first-order chi connectivity index (χ1) is 12.5. The predicted molar refractivity (Wildman–Crippen MR) is 95.4 cm³/mol. The number of nitrogens with one attached hydrogen (secondary N) is 1. The summed E-state index contributed by atoms with van der Waals surface area (Å²) in [5, 5.41) is 2.57. The molecule has 0 atom stereocenters. The second-order valence-corrected chi connectivity index (χ2v) is 6.75. The summed E-state index contributed by atoms with van der Waals surface area (Å²) < 4.78 is 48.2. The quantitative estimate of drug-likeness (QED) is 0.523. The molecule has 1 aliphatic rings. The molecule has 1 N–H and O–H groups in total. The predicted octanol–water partition coefficient (Wildman–Crippen LogP) is 4.19. The van der Waals surface area contributed by atoms with Crippen molar-refractivity contribution in [1.82, 2.24) is 8.75 Å². The molecule has 0 fully saturated rings. The molecular weight excluding hydrogens is 385 g/mol. The third kappa shape index (κ3) is 3.08. The van der Waals surface area contributed by atoms with Crippen LogP contribution in [0.25, 0.3) is 17.1 Å². The van der Waals surface area contributed by atoms with E-state index in [-0.39, 0.29) is 10.9 Å². The van der Waals surface area contributed by atoms with Gasteiger partial charge in [0, 0.05) is 0 Å². The van der Waals surface area contributed by atoms with Crippen molar-refractivity contribution in [3.05, 3.63) is 58.3 Å². The van der Waals surface area contributed by atoms with Gasteiger partial charge in [0.25, 0.3) is 5.91 Å². The fraction of sp³-hybridized carbons (Fsp3) is 0. The number of nitrogens with zero attached hydrogens (tertiary/aromatic N) is 3. The third-order valence-electron chi connectivity index (χ3n) is 3.47. The molecule has 1 amide bonds. The minimum absolute atomic E-state index is 0.0718. The highest BCUT2D eigenvalue weighted by atomic mass is 32.2. The van der Waals surface area contributed by atoms with Crippen LogP contribution < -0.4 is 5.32 Å². The number of hydrogen-bond acceptors (Lipinski definition) is 6. The van der Waals surface area contributed by atoms with E-state index in [1.807, 2.05) is 0 Å². The maximum atomic E-state index is 13.7. The second-order valence-electron chi connectivity index (χ2n) is 5.19. The first kappa shape index (κ1) is 16.7. The van der Waals surface area contributed by atoms with Gasteiger partial charge in [-0.3, -0.25) is 4.79 Å². The van der Waals surface area contributed by atoms with Crippen LogP contribution in [0.3, 0.4) is 0 Å². The van der Waals surface area contributed by atoms with Gasteiger partial charge in [0.05, 0.1) is 22.3 Å². The zero-order valence-corrected chi connectivity index (χ0v) is 14.3. The van der Waals surface area contributed by atoms with Crippen LogP contribution in [0.1, 0.15) is 5.56 Å². The number of thioether (sulfide) groups is 1. The number of carbonyl (C=O) groups is 1. The maximum absolute atomic E-state index is 13.7. The number of benzene rings is 2. The summed E-state index contributed by atoms with van der Waals surface area (Å²) in [6, 6.07) is 7.17. The van der Waals surface area contributed by atoms with Crippen LogP contribution >= 0.6 is 23.5 Å². The summed E-state index contributed by atoms with van der Waals surface area (Å²) in [5.41, 5.74) is 1.90. The zero-order chi connectivity index (χ0) is 18.3. The summed E-state index contributed by atoms with van der Waals surface area (Å²) in [5.74, 6) is -4.78. The van der Waals surface area contributed by atoms with Crippen LogP contribution in [-0.4, -0.2) is 19.8 Å². The van der Waals surface area contributed by atoms with Gasteiger partial charge in [0.15, 0.2) is 22.6 Å². The number of amidine groups is 1. The Morgan fingerprint density at radius 1 is 1.00 bits per heavy atom. The maximum Gasteiger partial charge on any atom is 0.286 e. The molecule has 0 aliphatic carbocycles. The lowest BCUT2D eigenvalue weighted by Gasteiger charge is -2.06. The van der Waals surface area contributed by atoms with E-state index >= 15 is 0 Å². The van der Waals surface area contributed by atoms with Crippen molar-refractivity contribution >= 4 is 57.4 Å². The molecule has 0 radical (unpaired) electrons. The van der Waals surface area contributed by atoms with E-state index in [1.165, 1.54) is 0 Å². The Morgan fingerprint density at radius 2 is 1.81 bits per heavy atom. The number of fused-ring (bicyclic) bond motifs is 1. The van der Waals surface area contributed by atoms with Crippen molar-refractivity contribution in [2.75, 3.05) is 5.32 Å². The number of carbonyl (C=O) groups excluding carboxylic acids is 1. The zero-order valence-electron chi connectivity index (χ0n) is 12.7. The smallest absolute Gasteiger partial charge is 0.286 e. The van der Waals surface area contributed by atoms with Crippen LogP contribution in [0.5, 0.6) is 0 Å². The van der Waals surface area contributed by atoms with E-state index in [1.54, 1.807) is 24.3 Å². The lowest BCUT2D eigenvalue weighted by Crippen LogP contribution is -2.08. The molecule has 1 aromatic heterocycles. The van der Waals surface area contributed by atoms with Crippen molar-refractivity contribution in [1.29, 1.82) is 0 Å². The highest BCUT2D eigenvalue weighted by Gasteiger charge is 2.24. The van der Waals surface area contributed by atoms with E-state index in [0.717, 1.165) is 46.7 Å². The third-order valence-corrected chi connectivity index (χ3v) is 4.93. The Morgan fingerprint density at radius 3 is 2.65 bits per heavy atom. The normalized spacial score (nSPS) is 15.7. The number of rotatable bonds is 2. The fourth-order valence-electron chi connectivity index (χ4n) is 2.24. The molecule has 26 heavy (non-hydrogen) atoms. The molecule has 1 aliphatic heterocycles. The lowest BCUT2D eigenvalue weighted by molar-refractivity contribution is -0.113. The molecule has 0 bridgehead atoms. The molecule has 4 rings (SSSR count). The van der Waals surface area contributed by atoms with Crippen molar-refractivity contribution in [2.45, 2.75) is 0 Å². The van der Waals surface area contributed by atoms with Gasteiger partial charge in [0.2, 0.25) is 0 Å². The van der Waals surface area contributed by atoms with Gasteiger partial charge in [-0.15, -0.1) is 0 Å². The van der Waals surface area contributed by atoms with Gasteiger partial charge in [-0.1, -0.05) is 6.07 Å². The number of aliphatic imine (C=N–C) groups is 1.